The number of ether oxygens (including phenoxy) is 2. The van der Waals surface area contributed by atoms with Crippen LogP contribution in [0, 0.1) is 6.92 Å². The molecule has 9 nitrogen and oxygen atoms in total. The van der Waals surface area contributed by atoms with Crippen LogP contribution in [0.2, 0.25) is 0 Å². The van der Waals surface area contributed by atoms with Crippen molar-refractivity contribution in [3.8, 4) is 17.2 Å². The monoisotopic (exact) mass is 610 g/mol. The Morgan fingerprint density at radius 2 is 1.78 bits per heavy atom. The zero-order valence-electron chi connectivity index (χ0n) is 26.5. The fourth-order valence-corrected chi connectivity index (χ4v) is 5.52. The summed E-state index contributed by atoms with van der Waals surface area (Å²) in [6.45, 7) is 9.84. The van der Waals surface area contributed by atoms with Crippen molar-refractivity contribution >= 4 is 11.9 Å². The first-order valence-corrected chi connectivity index (χ1v) is 15.4. The van der Waals surface area contributed by atoms with Crippen molar-refractivity contribution in [3.05, 3.63) is 107 Å². The third-order valence-corrected chi connectivity index (χ3v) is 7.54. The number of Topliss-reactive ketones (excluding diaryl/α,β-unsaturated/α-hetero) is 1. The summed E-state index contributed by atoms with van der Waals surface area (Å²) >= 11 is 0. The molecule has 0 spiro atoms. The van der Waals surface area contributed by atoms with Gasteiger partial charge in [0.25, 0.3) is 0 Å². The average Bonchev–Trinajstić information content (AvgIpc) is 3.43. The van der Waals surface area contributed by atoms with E-state index in [1.54, 1.807) is 42.7 Å². The first-order valence-electron chi connectivity index (χ1n) is 15.4. The SMILES string of the molecule is Cc1cn(-c2cc(CC(=O)c3cccc(Oc4ccc(CO)cc4)c3)cc(CN3CCC[C@H](NC(=O)OC(C)(C)C)C3)c2)cn1. The topological polar surface area (TPSA) is 106 Å². The highest BCUT2D eigenvalue weighted by molar-refractivity contribution is 5.98. The van der Waals surface area contributed by atoms with Crippen LogP contribution in [0.25, 0.3) is 5.69 Å². The summed E-state index contributed by atoms with van der Waals surface area (Å²) < 4.78 is 13.4. The number of amides is 1. The van der Waals surface area contributed by atoms with E-state index in [1.165, 1.54) is 0 Å². The second kappa shape index (κ2) is 14.1. The number of benzene rings is 3. The number of aliphatic hydroxyl groups is 1. The number of alkyl carbamates (subject to hydrolysis) is 1. The highest BCUT2D eigenvalue weighted by Gasteiger charge is 2.24. The number of nitrogens with one attached hydrogen (secondary N) is 1. The second-order valence-corrected chi connectivity index (χ2v) is 12.7. The van der Waals surface area contributed by atoms with Gasteiger partial charge in [-0.1, -0.05) is 30.3 Å². The van der Waals surface area contributed by atoms with Crippen molar-refractivity contribution in [1.29, 1.82) is 0 Å². The molecule has 1 aliphatic heterocycles. The molecule has 0 unspecified atom stereocenters. The van der Waals surface area contributed by atoms with E-state index < -0.39 is 5.60 Å². The molecule has 0 saturated carbocycles. The number of hydrogen-bond donors (Lipinski definition) is 2. The van der Waals surface area contributed by atoms with Gasteiger partial charge in [0, 0.05) is 43.0 Å². The Morgan fingerprint density at radius 1 is 1.00 bits per heavy atom. The third kappa shape index (κ3) is 9.26. The molecule has 236 valence electrons. The first kappa shape index (κ1) is 31.9. The quantitative estimate of drug-likeness (QED) is 0.201. The van der Waals surface area contributed by atoms with E-state index in [-0.39, 0.29) is 30.9 Å². The molecule has 0 bridgehead atoms. The molecule has 9 heteroatoms. The maximum Gasteiger partial charge on any atom is 0.407 e. The maximum absolute atomic E-state index is 13.5. The van der Waals surface area contributed by atoms with Gasteiger partial charge in [0.05, 0.1) is 18.6 Å². The van der Waals surface area contributed by atoms with Crippen LogP contribution in [0.5, 0.6) is 11.5 Å². The summed E-state index contributed by atoms with van der Waals surface area (Å²) in [6.07, 6.45) is 5.47. The number of carbonyl (C=O) groups excluding carboxylic acids is 2. The first-order chi connectivity index (χ1) is 21.5. The Morgan fingerprint density at radius 3 is 2.49 bits per heavy atom. The van der Waals surface area contributed by atoms with Crippen molar-refractivity contribution in [2.75, 3.05) is 13.1 Å². The van der Waals surface area contributed by atoms with Gasteiger partial charge in [0.15, 0.2) is 5.78 Å². The van der Waals surface area contributed by atoms with Gasteiger partial charge in [0.1, 0.15) is 17.1 Å². The molecule has 2 N–H and O–H groups in total. The van der Waals surface area contributed by atoms with Crippen molar-refractivity contribution in [3.63, 3.8) is 0 Å². The average molecular weight is 611 g/mol. The number of aryl methyl sites for hydroxylation is 1. The molecular weight excluding hydrogens is 568 g/mol. The van der Waals surface area contributed by atoms with Gasteiger partial charge in [-0.2, -0.15) is 0 Å². The normalized spacial score (nSPS) is 15.4. The summed E-state index contributed by atoms with van der Waals surface area (Å²) in [4.78, 5) is 32.7. The van der Waals surface area contributed by atoms with Crippen LogP contribution in [-0.4, -0.2) is 56.2 Å². The van der Waals surface area contributed by atoms with E-state index in [2.05, 4.69) is 27.3 Å². The third-order valence-electron chi connectivity index (χ3n) is 7.54. The minimum absolute atomic E-state index is 0.0104. The Hall–Kier alpha value is -4.47. The van der Waals surface area contributed by atoms with Gasteiger partial charge in [-0.15, -0.1) is 0 Å². The Bertz CT molecular complexity index is 1620. The van der Waals surface area contributed by atoms with Gasteiger partial charge in [-0.3, -0.25) is 9.69 Å². The number of rotatable bonds is 10. The Balaban J connectivity index is 1.31. The van der Waals surface area contributed by atoms with E-state index in [9.17, 15) is 14.7 Å². The molecule has 1 aliphatic rings. The van der Waals surface area contributed by atoms with Crippen molar-refractivity contribution < 1.29 is 24.2 Å². The lowest BCUT2D eigenvalue weighted by atomic mass is 9.99. The standard InChI is InChI=1S/C36H42N4O5/c1-25-20-40(24-37-25)31-16-27(15-28(17-31)21-39-14-6-8-30(22-39)38-35(43)45-36(2,3)4)18-34(42)29-7-5-9-33(19-29)44-32-12-10-26(23-41)11-13-32/h5,7,9-13,15-17,19-20,24,30,41H,6,8,14,18,21-23H2,1-4H3,(H,38,43)/t30-/m0/s1. The van der Waals surface area contributed by atoms with Crippen LogP contribution in [0.3, 0.4) is 0 Å². The summed E-state index contributed by atoms with van der Waals surface area (Å²) in [5.74, 6) is 1.19. The van der Waals surface area contributed by atoms with Crippen molar-refractivity contribution in [2.45, 2.75) is 71.8 Å². The largest absolute Gasteiger partial charge is 0.457 e. The minimum atomic E-state index is -0.542. The predicted octanol–water partition coefficient (Wildman–Crippen LogP) is 6.38. The predicted molar refractivity (Wildman–Crippen MR) is 173 cm³/mol. The van der Waals surface area contributed by atoms with Crippen LogP contribution < -0.4 is 10.1 Å². The molecule has 1 saturated heterocycles. The van der Waals surface area contributed by atoms with Crippen LogP contribution in [-0.2, 0) is 24.3 Å². The van der Waals surface area contributed by atoms with Crippen LogP contribution in [0.4, 0.5) is 4.79 Å². The lowest BCUT2D eigenvalue weighted by Crippen LogP contribution is -2.48. The molecule has 2 heterocycles. The summed E-state index contributed by atoms with van der Waals surface area (Å²) in [5, 5.41) is 12.3. The zero-order chi connectivity index (χ0) is 32.0. The minimum Gasteiger partial charge on any atom is -0.457 e. The smallest absolute Gasteiger partial charge is 0.407 e. The number of piperidine rings is 1. The molecule has 45 heavy (non-hydrogen) atoms. The maximum atomic E-state index is 13.5. The number of aliphatic hydroxyl groups excluding tert-OH is 1. The number of carbonyl (C=O) groups is 2. The van der Waals surface area contributed by atoms with Gasteiger partial charge < -0.3 is 24.5 Å². The molecule has 1 amide bonds. The lowest BCUT2D eigenvalue weighted by molar-refractivity contribution is 0.0470. The number of hydrogen-bond acceptors (Lipinski definition) is 7. The number of nitrogens with zero attached hydrogens (tertiary/aromatic N) is 3. The van der Waals surface area contributed by atoms with E-state index >= 15 is 0 Å². The van der Waals surface area contributed by atoms with Crippen LogP contribution in [0.15, 0.2) is 79.3 Å². The Labute approximate surface area is 264 Å². The number of imidazole rings is 1. The van der Waals surface area contributed by atoms with Gasteiger partial charge >= 0.3 is 6.09 Å². The van der Waals surface area contributed by atoms with Crippen LogP contribution >= 0.6 is 0 Å². The fourth-order valence-electron chi connectivity index (χ4n) is 5.52. The summed E-state index contributed by atoms with van der Waals surface area (Å²) in [7, 11) is 0. The van der Waals surface area contributed by atoms with E-state index in [0.717, 1.165) is 54.0 Å². The number of likely N-dealkylation sites (tertiary alicyclic amines) is 1. The molecule has 5 rings (SSSR count). The molecule has 1 fully saturated rings. The zero-order valence-corrected chi connectivity index (χ0v) is 26.5. The van der Waals surface area contributed by atoms with Crippen molar-refractivity contribution in [2.24, 2.45) is 0 Å². The van der Waals surface area contributed by atoms with Crippen molar-refractivity contribution in [1.82, 2.24) is 19.8 Å². The number of ketones is 1. The highest BCUT2D eigenvalue weighted by Crippen LogP contribution is 2.25. The molecule has 3 aromatic carbocycles. The molecule has 1 atom stereocenters. The number of aromatic nitrogens is 2. The molecular formula is C36H42N4O5. The van der Waals surface area contributed by atoms with Gasteiger partial charge in [-0.05, 0) is 100 Å². The Kier molecular flexibility index (Phi) is 10.0. The lowest BCUT2D eigenvalue weighted by Gasteiger charge is -2.33. The molecule has 1 aromatic heterocycles. The summed E-state index contributed by atoms with van der Waals surface area (Å²) in [5.41, 5.74) is 4.67. The van der Waals surface area contributed by atoms with Gasteiger partial charge in [-0.25, -0.2) is 9.78 Å². The van der Waals surface area contributed by atoms with Crippen LogP contribution in [0.1, 0.15) is 66.4 Å². The fraction of sp³-hybridized carbons (Fsp3) is 0.361. The van der Waals surface area contributed by atoms with E-state index in [0.29, 0.717) is 23.6 Å². The van der Waals surface area contributed by atoms with Gasteiger partial charge in [0.2, 0.25) is 0 Å². The van der Waals surface area contributed by atoms with E-state index in [1.807, 2.05) is 56.7 Å². The van der Waals surface area contributed by atoms with E-state index in [4.69, 9.17) is 9.47 Å². The highest BCUT2D eigenvalue weighted by atomic mass is 16.6. The molecule has 0 radical (unpaired) electrons. The summed E-state index contributed by atoms with van der Waals surface area (Å²) in [6, 6.07) is 20.7. The molecule has 4 aromatic rings. The molecule has 0 aliphatic carbocycles. The second-order valence-electron chi connectivity index (χ2n) is 12.7.